The predicted molar refractivity (Wildman–Crippen MR) is 68.5 cm³/mol. The topological polar surface area (TPSA) is 54.0 Å². The SMILES string of the molecule is C=CCOCCOCCOCC(=O)OC(C)(C)C. The molecular formula is C13H24O5. The summed E-state index contributed by atoms with van der Waals surface area (Å²) in [4.78, 5) is 11.2. The number of carbonyl (C=O) groups excluding carboxylic acids is 1. The van der Waals surface area contributed by atoms with Crippen molar-refractivity contribution in [1.29, 1.82) is 0 Å². The molecule has 0 saturated heterocycles. The second-order valence-electron chi connectivity index (χ2n) is 4.61. The maximum atomic E-state index is 11.2. The molecule has 0 aromatic carbocycles. The van der Waals surface area contributed by atoms with Crippen LogP contribution in [0.25, 0.3) is 0 Å². The minimum Gasteiger partial charge on any atom is -0.458 e. The molecule has 5 nitrogen and oxygen atoms in total. The van der Waals surface area contributed by atoms with Gasteiger partial charge in [0.15, 0.2) is 0 Å². The fourth-order valence-corrected chi connectivity index (χ4v) is 1.03. The van der Waals surface area contributed by atoms with E-state index in [0.29, 0.717) is 33.0 Å². The van der Waals surface area contributed by atoms with Crippen molar-refractivity contribution in [3.8, 4) is 0 Å². The number of carbonyl (C=O) groups is 1. The van der Waals surface area contributed by atoms with Crippen LogP contribution < -0.4 is 0 Å². The molecule has 18 heavy (non-hydrogen) atoms. The summed E-state index contributed by atoms with van der Waals surface area (Å²) >= 11 is 0. The van der Waals surface area contributed by atoms with Gasteiger partial charge in [0.1, 0.15) is 12.2 Å². The Bertz CT molecular complexity index is 232. The number of esters is 1. The van der Waals surface area contributed by atoms with Gasteiger partial charge in [-0.15, -0.1) is 6.58 Å². The molecule has 0 heterocycles. The van der Waals surface area contributed by atoms with Crippen molar-refractivity contribution in [2.24, 2.45) is 0 Å². The van der Waals surface area contributed by atoms with Crippen LogP contribution in [0.15, 0.2) is 12.7 Å². The Morgan fingerprint density at radius 1 is 1.06 bits per heavy atom. The zero-order valence-electron chi connectivity index (χ0n) is 11.6. The molecule has 5 heteroatoms. The van der Waals surface area contributed by atoms with Gasteiger partial charge in [-0.25, -0.2) is 4.79 Å². The molecule has 0 unspecified atom stereocenters. The van der Waals surface area contributed by atoms with E-state index in [1.807, 2.05) is 20.8 Å². The molecule has 106 valence electrons. The van der Waals surface area contributed by atoms with Gasteiger partial charge in [-0.05, 0) is 20.8 Å². The highest BCUT2D eigenvalue weighted by molar-refractivity contribution is 5.71. The van der Waals surface area contributed by atoms with E-state index in [4.69, 9.17) is 18.9 Å². The smallest absolute Gasteiger partial charge is 0.332 e. The molecule has 0 rings (SSSR count). The van der Waals surface area contributed by atoms with Gasteiger partial charge in [-0.3, -0.25) is 0 Å². The molecule has 0 atom stereocenters. The fraction of sp³-hybridized carbons (Fsp3) is 0.769. The number of hydrogen-bond acceptors (Lipinski definition) is 5. The lowest BCUT2D eigenvalue weighted by molar-refractivity contribution is -0.160. The Hall–Kier alpha value is -0.910. The Morgan fingerprint density at radius 3 is 2.17 bits per heavy atom. The summed E-state index contributed by atoms with van der Waals surface area (Å²) < 4.78 is 20.5. The maximum Gasteiger partial charge on any atom is 0.332 e. The van der Waals surface area contributed by atoms with E-state index >= 15 is 0 Å². The number of hydrogen-bond donors (Lipinski definition) is 0. The van der Waals surface area contributed by atoms with E-state index in [1.165, 1.54) is 0 Å². The lowest BCUT2D eigenvalue weighted by Crippen LogP contribution is -2.27. The highest BCUT2D eigenvalue weighted by atomic mass is 16.6. The van der Waals surface area contributed by atoms with Gasteiger partial charge >= 0.3 is 5.97 Å². The Labute approximate surface area is 109 Å². The molecule has 0 radical (unpaired) electrons. The van der Waals surface area contributed by atoms with Gasteiger partial charge < -0.3 is 18.9 Å². The van der Waals surface area contributed by atoms with Crippen LogP contribution in [0.4, 0.5) is 0 Å². The normalized spacial score (nSPS) is 11.3. The molecular weight excluding hydrogens is 236 g/mol. The summed E-state index contributed by atoms with van der Waals surface area (Å²) in [5, 5.41) is 0. The first-order valence-corrected chi connectivity index (χ1v) is 6.01. The quantitative estimate of drug-likeness (QED) is 0.339. The largest absolute Gasteiger partial charge is 0.458 e. The summed E-state index contributed by atoms with van der Waals surface area (Å²) in [6.07, 6.45) is 1.68. The minimum atomic E-state index is -0.473. The van der Waals surface area contributed by atoms with E-state index in [-0.39, 0.29) is 12.6 Å². The van der Waals surface area contributed by atoms with E-state index in [1.54, 1.807) is 6.08 Å². The fourth-order valence-electron chi connectivity index (χ4n) is 1.03. The molecule has 0 fully saturated rings. The first kappa shape index (κ1) is 17.1. The summed E-state index contributed by atoms with van der Waals surface area (Å²) in [6, 6.07) is 0. The van der Waals surface area contributed by atoms with E-state index in [2.05, 4.69) is 6.58 Å². The van der Waals surface area contributed by atoms with Crippen LogP contribution >= 0.6 is 0 Å². The summed E-state index contributed by atoms with van der Waals surface area (Å²) in [5.74, 6) is -0.364. The minimum absolute atomic E-state index is 0.0480. The molecule has 0 saturated carbocycles. The van der Waals surface area contributed by atoms with Crippen LogP contribution in [0, 0.1) is 0 Å². The highest BCUT2D eigenvalue weighted by Gasteiger charge is 2.15. The van der Waals surface area contributed by atoms with Crippen LogP contribution in [0.5, 0.6) is 0 Å². The van der Waals surface area contributed by atoms with Gasteiger partial charge in [-0.1, -0.05) is 6.08 Å². The van der Waals surface area contributed by atoms with E-state index in [9.17, 15) is 4.79 Å². The molecule has 0 bridgehead atoms. The van der Waals surface area contributed by atoms with Crippen molar-refractivity contribution in [2.45, 2.75) is 26.4 Å². The second-order valence-corrected chi connectivity index (χ2v) is 4.61. The average Bonchev–Trinajstić information content (AvgIpc) is 2.24. The van der Waals surface area contributed by atoms with Crippen molar-refractivity contribution in [2.75, 3.05) is 39.6 Å². The number of rotatable bonds is 10. The molecule has 0 amide bonds. The first-order valence-electron chi connectivity index (χ1n) is 6.01. The Kier molecular flexibility index (Phi) is 9.55. The molecule has 0 aliphatic rings. The van der Waals surface area contributed by atoms with Crippen LogP contribution in [-0.2, 0) is 23.7 Å². The third-order valence-corrected chi connectivity index (χ3v) is 1.62. The van der Waals surface area contributed by atoms with Crippen LogP contribution in [0.3, 0.4) is 0 Å². The van der Waals surface area contributed by atoms with Crippen molar-refractivity contribution in [3.63, 3.8) is 0 Å². The van der Waals surface area contributed by atoms with Gasteiger partial charge in [0.25, 0.3) is 0 Å². The lowest BCUT2D eigenvalue weighted by atomic mass is 10.2. The molecule has 0 aliphatic heterocycles. The predicted octanol–water partition coefficient (Wildman–Crippen LogP) is 1.56. The van der Waals surface area contributed by atoms with Crippen molar-refractivity contribution < 1.29 is 23.7 Å². The zero-order valence-corrected chi connectivity index (χ0v) is 11.6. The molecule has 0 aromatic rings. The Morgan fingerprint density at radius 2 is 1.61 bits per heavy atom. The van der Waals surface area contributed by atoms with E-state index in [0.717, 1.165) is 0 Å². The van der Waals surface area contributed by atoms with E-state index < -0.39 is 5.60 Å². The van der Waals surface area contributed by atoms with Crippen LogP contribution in [-0.4, -0.2) is 51.2 Å². The summed E-state index contributed by atoms with van der Waals surface area (Å²) in [7, 11) is 0. The third kappa shape index (κ3) is 13.2. The number of ether oxygens (including phenoxy) is 4. The standard InChI is InChI=1S/C13H24O5/c1-5-6-15-7-8-16-9-10-17-11-12(14)18-13(2,3)4/h5H,1,6-11H2,2-4H3. The Balaban J connectivity index is 3.25. The summed E-state index contributed by atoms with van der Waals surface area (Å²) in [5.41, 5.74) is -0.473. The molecule has 0 aliphatic carbocycles. The second kappa shape index (κ2) is 10.1. The van der Waals surface area contributed by atoms with Crippen molar-refractivity contribution in [1.82, 2.24) is 0 Å². The van der Waals surface area contributed by atoms with Gasteiger partial charge in [0, 0.05) is 0 Å². The molecule has 0 aromatic heterocycles. The van der Waals surface area contributed by atoms with Crippen LogP contribution in [0.1, 0.15) is 20.8 Å². The molecule has 0 spiro atoms. The van der Waals surface area contributed by atoms with Crippen molar-refractivity contribution in [3.05, 3.63) is 12.7 Å². The maximum absolute atomic E-state index is 11.2. The highest BCUT2D eigenvalue weighted by Crippen LogP contribution is 2.06. The molecule has 0 N–H and O–H groups in total. The average molecular weight is 260 g/mol. The first-order chi connectivity index (χ1) is 8.45. The van der Waals surface area contributed by atoms with Crippen molar-refractivity contribution >= 4 is 5.97 Å². The van der Waals surface area contributed by atoms with Gasteiger partial charge in [-0.2, -0.15) is 0 Å². The lowest BCUT2D eigenvalue weighted by Gasteiger charge is -2.19. The summed E-state index contributed by atoms with van der Waals surface area (Å²) in [6.45, 7) is 11.3. The monoisotopic (exact) mass is 260 g/mol. The van der Waals surface area contributed by atoms with Gasteiger partial charge in [0.2, 0.25) is 0 Å². The van der Waals surface area contributed by atoms with Crippen LogP contribution in [0.2, 0.25) is 0 Å². The van der Waals surface area contributed by atoms with Gasteiger partial charge in [0.05, 0.1) is 33.0 Å². The zero-order chi connectivity index (χ0) is 13.9. The third-order valence-electron chi connectivity index (χ3n) is 1.62.